The van der Waals surface area contributed by atoms with E-state index in [4.69, 9.17) is 5.11 Å². The van der Waals surface area contributed by atoms with E-state index in [0.717, 1.165) is 5.75 Å². The molecule has 1 aliphatic heterocycles. The van der Waals surface area contributed by atoms with Crippen molar-refractivity contribution in [2.45, 2.75) is 12.7 Å². The van der Waals surface area contributed by atoms with Crippen LogP contribution >= 0.6 is 11.8 Å². The number of nitrogens with zero attached hydrogens (tertiary/aromatic N) is 1. The van der Waals surface area contributed by atoms with E-state index in [0.29, 0.717) is 18.8 Å². The molecule has 1 heterocycles. The second kappa shape index (κ2) is 6.10. The van der Waals surface area contributed by atoms with Crippen molar-refractivity contribution in [3.8, 4) is 0 Å². The van der Waals surface area contributed by atoms with Crippen molar-refractivity contribution >= 4 is 23.6 Å². The molecule has 0 aromatic heterocycles. The Balaban J connectivity index is 1.68. The van der Waals surface area contributed by atoms with Gasteiger partial charge in [-0.15, -0.1) is 11.8 Å². The molecule has 1 amide bonds. The molecule has 4 nitrogen and oxygen atoms in total. The van der Waals surface area contributed by atoms with Crippen LogP contribution in [-0.4, -0.2) is 40.7 Å². The predicted molar refractivity (Wildman–Crippen MR) is 75.0 cm³/mol. The van der Waals surface area contributed by atoms with Gasteiger partial charge in [0.25, 0.3) is 0 Å². The molecule has 0 radical (unpaired) electrons. The van der Waals surface area contributed by atoms with Crippen molar-refractivity contribution in [1.29, 1.82) is 0 Å². The molecule has 2 rings (SSSR count). The summed E-state index contributed by atoms with van der Waals surface area (Å²) >= 11 is 1.57. The first kappa shape index (κ1) is 13.9. The minimum atomic E-state index is -0.809. The first-order valence-corrected chi connectivity index (χ1v) is 7.35. The maximum Gasteiger partial charge on any atom is 0.310 e. The van der Waals surface area contributed by atoms with E-state index >= 15 is 0 Å². The van der Waals surface area contributed by atoms with Crippen LogP contribution in [0, 0.1) is 12.8 Å². The Bertz CT molecular complexity index is 466. The third-order valence-electron chi connectivity index (χ3n) is 3.20. The largest absolute Gasteiger partial charge is 0.481 e. The van der Waals surface area contributed by atoms with E-state index in [1.807, 2.05) is 6.92 Å². The van der Waals surface area contributed by atoms with Gasteiger partial charge in [0.05, 0.1) is 11.7 Å². The zero-order valence-electron chi connectivity index (χ0n) is 10.8. The molecule has 5 heteroatoms. The minimum absolute atomic E-state index is 0.0367. The van der Waals surface area contributed by atoms with Crippen LogP contribution in [-0.2, 0) is 15.3 Å². The highest BCUT2D eigenvalue weighted by Crippen LogP contribution is 2.19. The summed E-state index contributed by atoms with van der Waals surface area (Å²) < 4.78 is 0. The fourth-order valence-corrected chi connectivity index (χ4v) is 2.76. The topological polar surface area (TPSA) is 57.6 Å². The third kappa shape index (κ3) is 3.73. The van der Waals surface area contributed by atoms with Crippen LogP contribution in [0.5, 0.6) is 0 Å². The lowest BCUT2D eigenvalue weighted by molar-refractivity contribution is -0.151. The highest BCUT2D eigenvalue weighted by molar-refractivity contribution is 7.99. The van der Waals surface area contributed by atoms with E-state index in [9.17, 15) is 9.59 Å². The van der Waals surface area contributed by atoms with E-state index in [1.165, 1.54) is 11.1 Å². The van der Waals surface area contributed by atoms with E-state index < -0.39 is 5.97 Å². The molecular weight excluding hydrogens is 262 g/mol. The molecule has 19 heavy (non-hydrogen) atoms. The van der Waals surface area contributed by atoms with E-state index in [1.54, 1.807) is 16.7 Å². The SMILES string of the molecule is Cc1ccc(CSCC(=O)N2CC(C(=O)O)C2)cc1. The minimum Gasteiger partial charge on any atom is -0.481 e. The van der Waals surface area contributed by atoms with Gasteiger partial charge in [0.15, 0.2) is 0 Å². The van der Waals surface area contributed by atoms with Gasteiger partial charge in [-0.25, -0.2) is 0 Å². The van der Waals surface area contributed by atoms with Crippen LogP contribution in [0.1, 0.15) is 11.1 Å². The van der Waals surface area contributed by atoms with Crippen LogP contribution in [0.15, 0.2) is 24.3 Å². The zero-order valence-corrected chi connectivity index (χ0v) is 11.7. The molecule has 1 aromatic carbocycles. The lowest BCUT2D eigenvalue weighted by Crippen LogP contribution is -2.53. The average Bonchev–Trinajstić information content (AvgIpc) is 2.29. The van der Waals surface area contributed by atoms with E-state index in [2.05, 4.69) is 24.3 Å². The van der Waals surface area contributed by atoms with Crippen molar-refractivity contribution in [2.24, 2.45) is 5.92 Å². The number of carboxylic acid groups (broad SMARTS) is 1. The molecular formula is C14H17NO3S. The summed E-state index contributed by atoms with van der Waals surface area (Å²) in [5, 5.41) is 8.74. The fraction of sp³-hybridized carbons (Fsp3) is 0.429. The molecule has 0 atom stereocenters. The monoisotopic (exact) mass is 279 g/mol. The lowest BCUT2D eigenvalue weighted by atomic mass is 10.0. The van der Waals surface area contributed by atoms with Crippen molar-refractivity contribution in [3.05, 3.63) is 35.4 Å². The maximum absolute atomic E-state index is 11.7. The van der Waals surface area contributed by atoms with Crippen molar-refractivity contribution < 1.29 is 14.7 Å². The summed E-state index contributed by atoms with van der Waals surface area (Å²) in [6, 6.07) is 8.25. The molecule has 0 aliphatic carbocycles. The molecule has 1 saturated heterocycles. The van der Waals surface area contributed by atoms with Crippen LogP contribution in [0.4, 0.5) is 0 Å². The lowest BCUT2D eigenvalue weighted by Gasteiger charge is -2.36. The predicted octanol–water partition coefficient (Wildman–Crippen LogP) is 1.77. The van der Waals surface area contributed by atoms with Crippen molar-refractivity contribution in [2.75, 3.05) is 18.8 Å². The molecule has 0 spiro atoms. The summed E-state index contributed by atoms with van der Waals surface area (Å²) in [4.78, 5) is 24.0. The average molecular weight is 279 g/mol. The number of aliphatic carboxylic acids is 1. The smallest absolute Gasteiger partial charge is 0.310 e. The Morgan fingerprint density at radius 1 is 1.32 bits per heavy atom. The second-order valence-electron chi connectivity index (χ2n) is 4.81. The molecule has 0 saturated carbocycles. The molecule has 1 aromatic rings. The summed E-state index contributed by atoms with van der Waals surface area (Å²) in [6.07, 6.45) is 0. The van der Waals surface area contributed by atoms with Crippen LogP contribution < -0.4 is 0 Å². The standard InChI is InChI=1S/C14H17NO3S/c1-10-2-4-11(5-3-10)8-19-9-13(16)15-6-12(7-15)14(17)18/h2-5,12H,6-9H2,1H3,(H,17,18). The van der Waals surface area contributed by atoms with Gasteiger partial charge in [-0.05, 0) is 12.5 Å². The van der Waals surface area contributed by atoms with Gasteiger partial charge >= 0.3 is 5.97 Å². The molecule has 0 unspecified atom stereocenters. The Morgan fingerprint density at radius 3 is 2.53 bits per heavy atom. The van der Waals surface area contributed by atoms with E-state index in [-0.39, 0.29) is 11.8 Å². The van der Waals surface area contributed by atoms with Crippen LogP contribution in [0.25, 0.3) is 0 Å². The van der Waals surface area contributed by atoms with Crippen LogP contribution in [0.3, 0.4) is 0 Å². The highest BCUT2D eigenvalue weighted by Gasteiger charge is 2.35. The number of thioether (sulfide) groups is 1. The Hall–Kier alpha value is -1.49. The van der Waals surface area contributed by atoms with Gasteiger partial charge in [-0.3, -0.25) is 9.59 Å². The summed E-state index contributed by atoms with van der Waals surface area (Å²) in [6.45, 7) is 2.77. The number of carbonyl (C=O) groups is 2. The van der Waals surface area contributed by atoms with Crippen LogP contribution in [0.2, 0.25) is 0 Å². The normalized spacial score (nSPS) is 15.1. The maximum atomic E-state index is 11.7. The van der Waals surface area contributed by atoms with Crippen molar-refractivity contribution in [3.63, 3.8) is 0 Å². The number of likely N-dealkylation sites (tertiary alicyclic amines) is 1. The Kier molecular flexibility index (Phi) is 4.47. The van der Waals surface area contributed by atoms with Gasteiger partial charge < -0.3 is 10.0 Å². The number of amides is 1. The zero-order chi connectivity index (χ0) is 13.8. The first-order valence-electron chi connectivity index (χ1n) is 6.20. The quantitative estimate of drug-likeness (QED) is 0.892. The van der Waals surface area contributed by atoms with Gasteiger partial charge in [0.1, 0.15) is 0 Å². The first-order chi connectivity index (χ1) is 9.06. The molecule has 1 N–H and O–H groups in total. The number of aryl methyl sites for hydroxylation is 1. The number of benzene rings is 1. The number of carbonyl (C=O) groups excluding carboxylic acids is 1. The van der Waals surface area contributed by atoms with Gasteiger partial charge in [-0.2, -0.15) is 0 Å². The summed E-state index contributed by atoms with van der Waals surface area (Å²) in [7, 11) is 0. The van der Waals surface area contributed by atoms with Gasteiger partial charge in [-0.1, -0.05) is 29.8 Å². The van der Waals surface area contributed by atoms with Gasteiger partial charge in [0, 0.05) is 18.8 Å². The second-order valence-corrected chi connectivity index (χ2v) is 5.80. The number of hydrogen-bond acceptors (Lipinski definition) is 3. The fourth-order valence-electron chi connectivity index (χ4n) is 1.87. The number of hydrogen-bond donors (Lipinski definition) is 1. The summed E-state index contributed by atoms with van der Waals surface area (Å²) in [5.74, 6) is 0.0830. The number of carboxylic acids is 1. The number of rotatable bonds is 5. The highest BCUT2D eigenvalue weighted by atomic mass is 32.2. The summed E-state index contributed by atoms with van der Waals surface area (Å²) in [5.41, 5.74) is 2.43. The van der Waals surface area contributed by atoms with Gasteiger partial charge in [0.2, 0.25) is 5.91 Å². The Labute approximate surface area is 116 Å². The molecule has 102 valence electrons. The molecule has 0 bridgehead atoms. The van der Waals surface area contributed by atoms with Crippen molar-refractivity contribution in [1.82, 2.24) is 4.90 Å². The Morgan fingerprint density at radius 2 is 1.95 bits per heavy atom. The molecule has 1 aliphatic rings. The third-order valence-corrected chi connectivity index (χ3v) is 4.19. The molecule has 1 fully saturated rings.